The van der Waals surface area contributed by atoms with E-state index in [1.807, 2.05) is 23.1 Å². The maximum Gasteiger partial charge on any atom is 0.314 e. The molecule has 6 heteroatoms. The summed E-state index contributed by atoms with van der Waals surface area (Å²) in [4.78, 5) is 27.5. The molecular weight excluding hydrogens is 292 g/mol. The Hall–Kier alpha value is -2.08. The van der Waals surface area contributed by atoms with Crippen molar-refractivity contribution in [1.82, 2.24) is 9.80 Å². The van der Waals surface area contributed by atoms with Gasteiger partial charge in [0.25, 0.3) is 0 Å². The van der Waals surface area contributed by atoms with Crippen molar-refractivity contribution in [1.29, 1.82) is 0 Å². The molecule has 0 radical (unpaired) electrons. The fourth-order valence-electron chi connectivity index (χ4n) is 3.03. The van der Waals surface area contributed by atoms with Crippen molar-refractivity contribution in [3.05, 3.63) is 35.9 Å². The number of hydrogen-bond donors (Lipinski definition) is 2. The molecule has 0 aliphatic carbocycles. The number of primary amides is 1. The molecule has 0 aromatic heterocycles. The lowest BCUT2D eigenvalue weighted by Gasteiger charge is -2.34. The van der Waals surface area contributed by atoms with Gasteiger partial charge in [-0.3, -0.25) is 4.79 Å². The van der Waals surface area contributed by atoms with Gasteiger partial charge in [-0.25, -0.2) is 4.79 Å². The summed E-state index contributed by atoms with van der Waals surface area (Å²) in [7, 11) is 0. The van der Waals surface area contributed by atoms with E-state index in [-0.39, 0.29) is 11.8 Å². The van der Waals surface area contributed by atoms with Crippen LogP contribution in [-0.2, 0) is 11.2 Å². The lowest BCUT2D eigenvalue weighted by Crippen LogP contribution is -2.49. The van der Waals surface area contributed by atoms with Crippen LogP contribution in [0.2, 0.25) is 0 Å². The molecule has 1 atom stereocenters. The van der Waals surface area contributed by atoms with E-state index >= 15 is 0 Å². The molecule has 6 nitrogen and oxygen atoms in total. The van der Waals surface area contributed by atoms with Gasteiger partial charge in [0.2, 0.25) is 5.91 Å². The van der Waals surface area contributed by atoms with Crippen molar-refractivity contribution in [2.45, 2.75) is 19.3 Å². The van der Waals surface area contributed by atoms with E-state index in [1.165, 1.54) is 5.56 Å². The third kappa shape index (κ3) is 4.96. The fourth-order valence-corrected chi connectivity index (χ4v) is 3.03. The number of piperidine rings is 1. The molecule has 1 saturated heterocycles. The first kappa shape index (κ1) is 17.3. The van der Waals surface area contributed by atoms with Crippen molar-refractivity contribution >= 4 is 11.9 Å². The molecule has 1 unspecified atom stereocenters. The summed E-state index contributed by atoms with van der Waals surface area (Å²) in [5, 5.41) is 0. The Morgan fingerprint density at radius 1 is 1.22 bits per heavy atom. The number of likely N-dealkylation sites (tertiary alicyclic amines) is 1. The summed E-state index contributed by atoms with van der Waals surface area (Å²) in [6, 6.07) is 9.64. The monoisotopic (exact) mass is 318 g/mol. The zero-order valence-corrected chi connectivity index (χ0v) is 13.5. The summed E-state index contributed by atoms with van der Waals surface area (Å²) in [6.07, 6.45) is 2.42. The van der Waals surface area contributed by atoms with Crippen LogP contribution in [0.5, 0.6) is 0 Å². The largest absolute Gasteiger partial charge is 0.351 e. The van der Waals surface area contributed by atoms with Gasteiger partial charge in [-0.15, -0.1) is 0 Å². The maximum absolute atomic E-state index is 12.8. The molecule has 1 aliphatic rings. The minimum absolute atomic E-state index is 0.0809. The summed E-state index contributed by atoms with van der Waals surface area (Å²) in [5.74, 6) is -0.0871. The SMILES string of the molecule is NCCN(CCc1ccccc1)C(=O)C1CCCN(C(N)=O)C1. The predicted molar refractivity (Wildman–Crippen MR) is 89.7 cm³/mol. The smallest absolute Gasteiger partial charge is 0.314 e. The van der Waals surface area contributed by atoms with Crippen LogP contribution in [0.3, 0.4) is 0 Å². The van der Waals surface area contributed by atoms with Crippen molar-refractivity contribution in [2.24, 2.45) is 17.4 Å². The van der Waals surface area contributed by atoms with E-state index in [0.29, 0.717) is 32.7 Å². The molecule has 4 N–H and O–H groups in total. The van der Waals surface area contributed by atoms with E-state index < -0.39 is 6.03 Å². The lowest BCUT2D eigenvalue weighted by atomic mass is 9.96. The molecule has 0 saturated carbocycles. The summed E-state index contributed by atoms with van der Waals surface area (Å²) in [5.41, 5.74) is 12.2. The van der Waals surface area contributed by atoms with Gasteiger partial charge in [0.1, 0.15) is 0 Å². The molecule has 1 fully saturated rings. The number of carbonyl (C=O) groups excluding carboxylic acids is 2. The van der Waals surface area contributed by atoms with Gasteiger partial charge in [0.05, 0.1) is 5.92 Å². The van der Waals surface area contributed by atoms with Gasteiger partial charge >= 0.3 is 6.03 Å². The van der Waals surface area contributed by atoms with E-state index in [9.17, 15) is 9.59 Å². The summed E-state index contributed by atoms with van der Waals surface area (Å²) < 4.78 is 0. The molecule has 0 spiro atoms. The van der Waals surface area contributed by atoms with Crippen molar-refractivity contribution in [3.8, 4) is 0 Å². The number of benzene rings is 1. The predicted octanol–water partition coefficient (Wildman–Crippen LogP) is 0.807. The van der Waals surface area contributed by atoms with Gasteiger partial charge < -0.3 is 21.3 Å². The molecular formula is C17H26N4O2. The maximum atomic E-state index is 12.8. The molecule has 1 aromatic rings. The first-order valence-corrected chi connectivity index (χ1v) is 8.19. The Kier molecular flexibility index (Phi) is 6.40. The van der Waals surface area contributed by atoms with Crippen molar-refractivity contribution in [2.75, 3.05) is 32.7 Å². The number of carbonyl (C=O) groups is 2. The van der Waals surface area contributed by atoms with Crippen LogP contribution >= 0.6 is 0 Å². The normalized spacial score (nSPS) is 17.8. The summed E-state index contributed by atoms with van der Waals surface area (Å²) in [6.45, 7) is 2.68. The second kappa shape index (κ2) is 8.53. The van der Waals surface area contributed by atoms with Gasteiger partial charge in [0.15, 0.2) is 0 Å². The van der Waals surface area contributed by atoms with Crippen LogP contribution in [0.25, 0.3) is 0 Å². The molecule has 1 aliphatic heterocycles. The van der Waals surface area contributed by atoms with Gasteiger partial charge in [-0.1, -0.05) is 30.3 Å². The lowest BCUT2D eigenvalue weighted by molar-refractivity contribution is -0.136. The number of urea groups is 1. The average molecular weight is 318 g/mol. The molecule has 1 aromatic carbocycles. The van der Waals surface area contributed by atoms with E-state index in [2.05, 4.69) is 12.1 Å². The Morgan fingerprint density at radius 3 is 2.61 bits per heavy atom. The Morgan fingerprint density at radius 2 is 1.96 bits per heavy atom. The molecule has 1 heterocycles. The van der Waals surface area contributed by atoms with Crippen LogP contribution in [0.4, 0.5) is 4.79 Å². The third-order valence-corrected chi connectivity index (χ3v) is 4.31. The van der Waals surface area contributed by atoms with Crippen LogP contribution in [0.1, 0.15) is 18.4 Å². The summed E-state index contributed by atoms with van der Waals surface area (Å²) >= 11 is 0. The average Bonchev–Trinajstić information content (AvgIpc) is 2.59. The van der Waals surface area contributed by atoms with E-state index in [4.69, 9.17) is 11.5 Å². The number of rotatable bonds is 6. The third-order valence-electron chi connectivity index (χ3n) is 4.31. The highest BCUT2D eigenvalue weighted by atomic mass is 16.2. The van der Waals surface area contributed by atoms with E-state index in [0.717, 1.165) is 19.3 Å². The molecule has 3 amide bonds. The topological polar surface area (TPSA) is 92.7 Å². The standard InChI is InChI=1S/C17H26N4O2/c18-9-12-20(11-8-14-5-2-1-3-6-14)16(22)15-7-4-10-21(13-15)17(19)23/h1-3,5-6,15H,4,7-13,18H2,(H2,19,23). The Labute approximate surface area is 137 Å². The minimum atomic E-state index is -0.447. The van der Waals surface area contributed by atoms with Gasteiger partial charge in [-0.05, 0) is 24.8 Å². The Balaban J connectivity index is 1.95. The first-order chi connectivity index (χ1) is 11.1. The molecule has 126 valence electrons. The van der Waals surface area contributed by atoms with Gasteiger partial charge in [0, 0.05) is 32.7 Å². The first-order valence-electron chi connectivity index (χ1n) is 8.19. The van der Waals surface area contributed by atoms with Gasteiger partial charge in [-0.2, -0.15) is 0 Å². The van der Waals surface area contributed by atoms with E-state index in [1.54, 1.807) is 4.90 Å². The zero-order chi connectivity index (χ0) is 16.7. The number of hydrogen-bond acceptors (Lipinski definition) is 3. The second-order valence-electron chi connectivity index (χ2n) is 5.97. The van der Waals surface area contributed by atoms with Crippen LogP contribution in [0.15, 0.2) is 30.3 Å². The minimum Gasteiger partial charge on any atom is -0.351 e. The highest BCUT2D eigenvalue weighted by Gasteiger charge is 2.30. The number of nitrogens with two attached hydrogens (primary N) is 2. The number of amides is 3. The van der Waals surface area contributed by atoms with Crippen molar-refractivity contribution in [3.63, 3.8) is 0 Å². The van der Waals surface area contributed by atoms with Crippen molar-refractivity contribution < 1.29 is 9.59 Å². The molecule has 2 rings (SSSR count). The quantitative estimate of drug-likeness (QED) is 0.813. The van der Waals surface area contributed by atoms with Crippen LogP contribution in [0, 0.1) is 5.92 Å². The fraction of sp³-hybridized carbons (Fsp3) is 0.529. The second-order valence-corrected chi connectivity index (χ2v) is 5.97. The highest BCUT2D eigenvalue weighted by Crippen LogP contribution is 2.19. The molecule has 0 bridgehead atoms. The highest BCUT2D eigenvalue weighted by molar-refractivity contribution is 5.80. The molecule has 23 heavy (non-hydrogen) atoms. The van der Waals surface area contributed by atoms with Crippen LogP contribution in [-0.4, -0.2) is 54.5 Å². The van der Waals surface area contributed by atoms with Crippen LogP contribution < -0.4 is 11.5 Å². The Bertz CT molecular complexity index is 521. The number of nitrogens with zero attached hydrogens (tertiary/aromatic N) is 2. The zero-order valence-electron chi connectivity index (χ0n) is 13.5.